The Labute approximate surface area is 81.5 Å². The Balaban J connectivity index is 0.00000144. The van der Waals surface area contributed by atoms with E-state index in [1.54, 1.807) is 13.0 Å². The number of anilines is 1. The van der Waals surface area contributed by atoms with E-state index in [9.17, 15) is 9.18 Å². The highest BCUT2D eigenvalue weighted by atomic mass is 35.5. The third kappa shape index (κ3) is 3.29. The van der Waals surface area contributed by atoms with Crippen molar-refractivity contribution >= 4 is 24.1 Å². The van der Waals surface area contributed by atoms with E-state index in [2.05, 4.69) is 5.32 Å². The lowest BCUT2D eigenvalue weighted by molar-refractivity contribution is 0.259. The molecule has 0 aromatic heterocycles. The zero-order chi connectivity index (χ0) is 9.14. The van der Waals surface area contributed by atoms with Gasteiger partial charge in [0.1, 0.15) is 5.82 Å². The van der Waals surface area contributed by atoms with Crippen LogP contribution < -0.4 is 11.1 Å². The number of carbonyl (C=O) groups is 1. The second kappa shape index (κ2) is 4.67. The summed E-state index contributed by atoms with van der Waals surface area (Å²) < 4.78 is 12.9. The molecule has 5 heteroatoms. The van der Waals surface area contributed by atoms with Gasteiger partial charge >= 0.3 is 6.03 Å². The van der Waals surface area contributed by atoms with Crippen LogP contribution in [-0.4, -0.2) is 6.03 Å². The van der Waals surface area contributed by atoms with Crippen molar-refractivity contribution in [3.63, 3.8) is 0 Å². The third-order valence-electron chi connectivity index (χ3n) is 1.38. The molecule has 0 atom stereocenters. The Kier molecular flexibility index (Phi) is 4.20. The second-order valence-electron chi connectivity index (χ2n) is 2.47. The lowest BCUT2D eigenvalue weighted by Crippen LogP contribution is -2.19. The molecule has 0 heterocycles. The Bertz CT molecular complexity index is 317. The maximum atomic E-state index is 12.9. The molecule has 0 unspecified atom stereocenters. The standard InChI is InChI=1S/C8H9FN2O.ClH/c1-5-2-3-7(6(9)4-5)11-8(10)12;/h2-4H,1H3,(H3,10,11,12);1H. The highest BCUT2D eigenvalue weighted by Gasteiger charge is 2.02. The normalized spacial score (nSPS) is 8.77. The lowest BCUT2D eigenvalue weighted by atomic mass is 10.2. The fourth-order valence-corrected chi connectivity index (χ4v) is 0.854. The SMILES string of the molecule is Cc1ccc(NC(N)=O)c(F)c1.Cl. The van der Waals surface area contributed by atoms with Crippen LogP contribution in [0.1, 0.15) is 5.56 Å². The molecule has 1 aromatic carbocycles. The number of hydrogen-bond donors (Lipinski definition) is 2. The summed E-state index contributed by atoms with van der Waals surface area (Å²) in [5.41, 5.74) is 5.71. The summed E-state index contributed by atoms with van der Waals surface area (Å²) in [6.07, 6.45) is 0. The van der Waals surface area contributed by atoms with Crippen molar-refractivity contribution in [1.82, 2.24) is 0 Å². The van der Waals surface area contributed by atoms with Crippen molar-refractivity contribution in [3.05, 3.63) is 29.6 Å². The van der Waals surface area contributed by atoms with Gasteiger partial charge < -0.3 is 11.1 Å². The number of carbonyl (C=O) groups excluding carboxylic acids is 1. The van der Waals surface area contributed by atoms with Crippen LogP contribution in [0.3, 0.4) is 0 Å². The van der Waals surface area contributed by atoms with Gasteiger partial charge in [-0.2, -0.15) is 0 Å². The third-order valence-corrected chi connectivity index (χ3v) is 1.38. The first kappa shape index (κ1) is 11.7. The van der Waals surface area contributed by atoms with Gasteiger partial charge in [-0.3, -0.25) is 0 Å². The molecule has 0 fully saturated rings. The zero-order valence-corrected chi connectivity index (χ0v) is 7.82. The number of benzene rings is 1. The number of nitrogens with two attached hydrogens (primary N) is 1. The van der Waals surface area contributed by atoms with E-state index in [4.69, 9.17) is 5.73 Å². The van der Waals surface area contributed by atoms with E-state index in [1.807, 2.05) is 0 Å². The van der Waals surface area contributed by atoms with Gasteiger partial charge in [0.2, 0.25) is 0 Å². The Hall–Kier alpha value is -1.29. The highest BCUT2D eigenvalue weighted by molar-refractivity contribution is 5.87. The van der Waals surface area contributed by atoms with E-state index in [-0.39, 0.29) is 18.1 Å². The van der Waals surface area contributed by atoms with Crippen LogP contribution in [0.2, 0.25) is 0 Å². The molecule has 2 amide bonds. The quantitative estimate of drug-likeness (QED) is 0.723. The van der Waals surface area contributed by atoms with Gasteiger partial charge in [-0.15, -0.1) is 12.4 Å². The fraction of sp³-hybridized carbons (Fsp3) is 0.125. The topological polar surface area (TPSA) is 55.1 Å². The molecule has 0 radical (unpaired) electrons. The molecule has 13 heavy (non-hydrogen) atoms. The molecular formula is C8H10ClFN2O. The molecule has 72 valence electrons. The number of aryl methyl sites for hydroxylation is 1. The zero-order valence-electron chi connectivity index (χ0n) is 7.00. The summed E-state index contributed by atoms with van der Waals surface area (Å²) in [6, 6.07) is 3.72. The largest absolute Gasteiger partial charge is 0.351 e. The minimum Gasteiger partial charge on any atom is -0.351 e. The van der Waals surface area contributed by atoms with Gasteiger partial charge in [0.25, 0.3) is 0 Å². The number of primary amides is 1. The summed E-state index contributed by atoms with van der Waals surface area (Å²) in [5.74, 6) is -0.478. The predicted octanol–water partition coefficient (Wildman–Crippen LogP) is 2.05. The lowest BCUT2D eigenvalue weighted by Gasteiger charge is -2.02. The van der Waals surface area contributed by atoms with Crippen LogP contribution in [0.15, 0.2) is 18.2 Å². The van der Waals surface area contributed by atoms with Crippen molar-refractivity contribution in [2.45, 2.75) is 6.92 Å². The predicted molar refractivity (Wildman–Crippen MR) is 51.6 cm³/mol. The molecule has 0 bridgehead atoms. The second-order valence-corrected chi connectivity index (χ2v) is 2.47. The molecule has 3 nitrogen and oxygen atoms in total. The van der Waals surface area contributed by atoms with Crippen LogP contribution in [0.4, 0.5) is 14.9 Å². The van der Waals surface area contributed by atoms with E-state index in [0.29, 0.717) is 0 Å². The number of halogens is 2. The number of nitrogens with one attached hydrogen (secondary N) is 1. The number of hydrogen-bond acceptors (Lipinski definition) is 1. The molecule has 0 saturated heterocycles. The smallest absolute Gasteiger partial charge is 0.316 e. The summed E-state index contributed by atoms with van der Waals surface area (Å²) in [5, 5.41) is 2.16. The van der Waals surface area contributed by atoms with Crippen LogP contribution in [0, 0.1) is 12.7 Å². The number of urea groups is 1. The van der Waals surface area contributed by atoms with Crippen molar-refractivity contribution in [2.24, 2.45) is 5.73 Å². The molecule has 0 spiro atoms. The minimum atomic E-state index is -0.766. The molecule has 1 rings (SSSR count). The number of rotatable bonds is 1. The Morgan fingerprint density at radius 3 is 2.62 bits per heavy atom. The van der Waals surface area contributed by atoms with E-state index >= 15 is 0 Å². The van der Waals surface area contributed by atoms with Gasteiger partial charge in [0.05, 0.1) is 5.69 Å². The van der Waals surface area contributed by atoms with Crippen LogP contribution in [-0.2, 0) is 0 Å². The molecule has 0 saturated carbocycles. The van der Waals surface area contributed by atoms with Crippen LogP contribution >= 0.6 is 12.4 Å². The van der Waals surface area contributed by atoms with E-state index < -0.39 is 11.8 Å². The van der Waals surface area contributed by atoms with Gasteiger partial charge in [-0.25, -0.2) is 9.18 Å². The Morgan fingerprint density at radius 2 is 2.15 bits per heavy atom. The molecule has 3 N–H and O–H groups in total. The summed E-state index contributed by atoms with van der Waals surface area (Å²) >= 11 is 0. The maximum absolute atomic E-state index is 12.9. The summed E-state index contributed by atoms with van der Waals surface area (Å²) in [7, 11) is 0. The van der Waals surface area contributed by atoms with Crippen molar-refractivity contribution < 1.29 is 9.18 Å². The Morgan fingerprint density at radius 1 is 1.54 bits per heavy atom. The first-order valence-corrected chi connectivity index (χ1v) is 3.42. The fourth-order valence-electron chi connectivity index (χ4n) is 0.854. The van der Waals surface area contributed by atoms with Crippen molar-refractivity contribution in [3.8, 4) is 0 Å². The first-order chi connectivity index (χ1) is 5.59. The summed E-state index contributed by atoms with van der Waals surface area (Å²) in [6.45, 7) is 1.76. The summed E-state index contributed by atoms with van der Waals surface area (Å²) in [4.78, 5) is 10.4. The van der Waals surface area contributed by atoms with Crippen LogP contribution in [0.5, 0.6) is 0 Å². The molecule has 1 aromatic rings. The average molecular weight is 205 g/mol. The molecular weight excluding hydrogens is 195 g/mol. The van der Waals surface area contributed by atoms with Crippen molar-refractivity contribution in [1.29, 1.82) is 0 Å². The van der Waals surface area contributed by atoms with Gasteiger partial charge in [0.15, 0.2) is 0 Å². The monoisotopic (exact) mass is 204 g/mol. The van der Waals surface area contributed by atoms with E-state index in [0.717, 1.165) is 5.56 Å². The van der Waals surface area contributed by atoms with E-state index in [1.165, 1.54) is 12.1 Å². The van der Waals surface area contributed by atoms with Crippen molar-refractivity contribution in [2.75, 3.05) is 5.32 Å². The van der Waals surface area contributed by atoms with Crippen LogP contribution in [0.25, 0.3) is 0 Å². The molecule has 0 aliphatic rings. The van der Waals surface area contributed by atoms with Gasteiger partial charge in [-0.05, 0) is 24.6 Å². The van der Waals surface area contributed by atoms with Gasteiger partial charge in [-0.1, -0.05) is 6.07 Å². The minimum absolute atomic E-state index is 0. The first-order valence-electron chi connectivity index (χ1n) is 3.42. The van der Waals surface area contributed by atoms with Gasteiger partial charge in [0, 0.05) is 0 Å². The maximum Gasteiger partial charge on any atom is 0.316 e. The molecule has 0 aliphatic heterocycles. The highest BCUT2D eigenvalue weighted by Crippen LogP contribution is 2.14. The average Bonchev–Trinajstić information content (AvgIpc) is 1.94. The number of amides is 2. The molecule has 0 aliphatic carbocycles.